The van der Waals surface area contributed by atoms with Crippen LogP contribution in [0.5, 0.6) is 0 Å². The molecule has 1 aliphatic carbocycles. The number of fused-ring (bicyclic) bond motifs is 1. The highest BCUT2D eigenvalue weighted by Gasteiger charge is 2.35. The smallest absolute Gasteiger partial charge is 0.236 e. The van der Waals surface area contributed by atoms with Crippen LogP contribution in [0.15, 0.2) is 29.2 Å². The largest absolute Gasteiger partial charge is 0.340 e. The van der Waals surface area contributed by atoms with Crippen molar-refractivity contribution in [3.05, 3.63) is 29.8 Å². The second-order valence-electron chi connectivity index (χ2n) is 5.74. The van der Waals surface area contributed by atoms with E-state index in [4.69, 9.17) is 11.6 Å². The maximum atomic E-state index is 12.7. The van der Waals surface area contributed by atoms with E-state index in [1.165, 1.54) is 23.3 Å². The van der Waals surface area contributed by atoms with E-state index < -0.39 is 0 Å². The van der Waals surface area contributed by atoms with E-state index in [0.717, 1.165) is 19.3 Å². The summed E-state index contributed by atoms with van der Waals surface area (Å²) in [6.45, 7) is 0. The van der Waals surface area contributed by atoms with Gasteiger partial charge in [-0.1, -0.05) is 31.0 Å². The standard InChI is InChI=1S/C16H20ClNOS/c1-18(13-8-4-3-7-12(13)17)16(19)15-10-11-6-2-5-9-14(11)20-15/h2,5-6,9,12-13,15H,3-4,7-8,10H2,1H3. The van der Waals surface area contributed by atoms with E-state index in [-0.39, 0.29) is 22.6 Å². The van der Waals surface area contributed by atoms with Crippen LogP contribution in [0.1, 0.15) is 31.2 Å². The predicted molar refractivity (Wildman–Crippen MR) is 84.5 cm³/mol. The molecule has 0 radical (unpaired) electrons. The van der Waals surface area contributed by atoms with Crippen LogP contribution in [-0.4, -0.2) is 34.5 Å². The monoisotopic (exact) mass is 309 g/mol. The Balaban J connectivity index is 1.68. The Hall–Kier alpha value is -0.670. The first-order valence-corrected chi connectivity index (χ1v) is 8.63. The van der Waals surface area contributed by atoms with Crippen LogP contribution in [0.3, 0.4) is 0 Å². The molecule has 4 heteroatoms. The molecule has 1 amide bonds. The number of hydrogen-bond acceptors (Lipinski definition) is 2. The molecule has 0 N–H and O–H groups in total. The number of carbonyl (C=O) groups is 1. The normalized spacial score (nSPS) is 29.0. The van der Waals surface area contributed by atoms with Crippen molar-refractivity contribution in [2.45, 2.75) is 53.7 Å². The first kappa shape index (κ1) is 14.3. The molecule has 1 heterocycles. The number of carbonyl (C=O) groups excluding carboxylic acids is 1. The van der Waals surface area contributed by atoms with Gasteiger partial charge in [-0.25, -0.2) is 0 Å². The minimum Gasteiger partial charge on any atom is -0.340 e. The summed E-state index contributed by atoms with van der Waals surface area (Å²) in [6.07, 6.45) is 5.30. The molecule has 1 aromatic rings. The molecular weight excluding hydrogens is 290 g/mol. The highest BCUT2D eigenvalue weighted by molar-refractivity contribution is 8.01. The lowest BCUT2D eigenvalue weighted by Gasteiger charge is -2.36. The van der Waals surface area contributed by atoms with Gasteiger partial charge in [-0.2, -0.15) is 0 Å². The fourth-order valence-corrected chi connectivity index (χ4v) is 4.96. The SMILES string of the molecule is CN(C(=O)C1Cc2ccccc2S1)C1CCCCC1Cl. The first-order chi connectivity index (χ1) is 9.66. The van der Waals surface area contributed by atoms with Crippen LogP contribution < -0.4 is 0 Å². The lowest BCUT2D eigenvalue weighted by atomic mass is 9.93. The van der Waals surface area contributed by atoms with Crippen molar-refractivity contribution in [3.8, 4) is 0 Å². The molecule has 0 saturated heterocycles. The number of halogens is 1. The minimum atomic E-state index is 0.0307. The summed E-state index contributed by atoms with van der Waals surface area (Å²) in [5.41, 5.74) is 1.30. The number of alkyl halides is 1. The fourth-order valence-electron chi connectivity index (χ4n) is 3.21. The molecule has 0 spiro atoms. The van der Waals surface area contributed by atoms with Crippen molar-refractivity contribution in [1.29, 1.82) is 0 Å². The number of rotatable bonds is 2. The molecule has 0 bridgehead atoms. The third-order valence-corrected chi connectivity index (χ3v) is 6.23. The average molecular weight is 310 g/mol. The molecule has 20 heavy (non-hydrogen) atoms. The summed E-state index contributed by atoms with van der Waals surface area (Å²) in [5.74, 6) is 0.240. The first-order valence-electron chi connectivity index (χ1n) is 7.32. The van der Waals surface area contributed by atoms with E-state index >= 15 is 0 Å². The zero-order chi connectivity index (χ0) is 14.1. The summed E-state index contributed by atoms with van der Waals surface area (Å²) in [7, 11) is 1.93. The van der Waals surface area contributed by atoms with Gasteiger partial charge >= 0.3 is 0 Å². The molecule has 3 unspecified atom stereocenters. The maximum Gasteiger partial charge on any atom is 0.236 e. The molecular formula is C16H20ClNOS. The lowest BCUT2D eigenvalue weighted by Crippen LogP contribution is -2.47. The van der Waals surface area contributed by atoms with E-state index in [9.17, 15) is 4.79 Å². The Labute approximate surface area is 129 Å². The van der Waals surface area contributed by atoms with Crippen LogP contribution in [0, 0.1) is 0 Å². The molecule has 3 atom stereocenters. The van der Waals surface area contributed by atoms with Crippen molar-refractivity contribution in [3.63, 3.8) is 0 Å². The van der Waals surface area contributed by atoms with Crippen LogP contribution in [-0.2, 0) is 11.2 Å². The highest BCUT2D eigenvalue weighted by atomic mass is 35.5. The van der Waals surface area contributed by atoms with Gasteiger partial charge in [0.15, 0.2) is 0 Å². The van der Waals surface area contributed by atoms with Gasteiger partial charge in [-0.3, -0.25) is 4.79 Å². The number of amides is 1. The maximum absolute atomic E-state index is 12.7. The molecule has 2 nitrogen and oxygen atoms in total. The third kappa shape index (κ3) is 2.71. The van der Waals surface area contributed by atoms with E-state index in [1.807, 2.05) is 24.1 Å². The van der Waals surface area contributed by atoms with Crippen molar-refractivity contribution in [1.82, 2.24) is 4.90 Å². The predicted octanol–water partition coefficient (Wildman–Crippen LogP) is 3.71. The molecule has 2 aliphatic rings. The topological polar surface area (TPSA) is 20.3 Å². The molecule has 0 aromatic heterocycles. The van der Waals surface area contributed by atoms with Crippen LogP contribution in [0.25, 0.3) is 0 Å². The molecule has 1 aliphatic heterocycles. The third-order valence-electron chi connectivity index (χ3n) is 4.41. The Morgan fingerprint density at radius 2 is 2.05 bits per heavy atom. The Bertz CT molecular complexity index is 482. The van der Waals surface area contributed by atoms with E-state index in [0.29, 0.717) is 0 Å². The molecule has 108 valence electrons. The fraction of sp³-hybridized carbons (Fsp3) is 0.562. The molecule has 1 saturated carbocycles. The Morgan fingerprint density at radius 3 is 2.80 bits per heavy atom. The minimum absolute atomic E-state index is 0.0307. The second-order valence-corrected chi connectivity index (χ2v) is 7.54. The summed E-state index contributed by atoms with van der Waals surface area (Å²) >= 11 is 8.12. The van der Waals surface area contributed by atoms with Crippen molar-refractivity contribution >= 4 is 29.3 Å². The summed E-state index contributed by atoms with van der Waals surface area (Å²) < 4.78 is 0. The van der Waals surface area contributed by atoms with Gasteiger partial charge in [-0.15, -0.1) is 23.4 Å². The second kappa shape index (κ2) is 5.98. The van der Waals surface area contributed by atoms with Crippen molar-refractivity contribution in [2.75, 3.05) is 7.05 Å². The number of benzene rings is 1. The highest BCUT2D eigenvalue weighted by Crippen LogP contribution is 2.38. The van der Waals surface area contributed by atoms with E-state index in [2.05, 4.69) is 12.1 Å². The molecule has 1 aromatic carbocycles. The molecule has 3 rings (SSSR count). The van der Waals surface area contributed by atoms with Gasteiger partial charge in [0, 0.05) is 18.0 Å². The Morgan fingerprint density at radius 1 is 1.30 bits per heavy atom. The number of hydrogen-bond donors (Lipinski definition) is 0. The van der Waals surface area contributed by atoms with Gasteiger partial charge in [0.05, 0.1) is 10.6 Å². The van der Waals surface area contributed by atoms with E-state index in [1.54, 1.807) is 11.8 Å². The summed E-state index contributed by atoms with van der Waals surface area (Å²) in [5, 5.41) is 0.148. The van der Waals surface area contributed by atoms with Gasteiger partial charge in [0.2, 0.25) is 5.91 Å². The van der Waals surface area contributed by atoms with Crippen LogP contribution >= 0.6 is 23.4 Å². The van der Waals surface area contributed by atoms with Gasteiger partial charge in [-0.05, 0) is 30.9 Å². The van der Waals surface area contributed by atoms with Crippen molar-refractivity contribution < 1.29 is 4.79 Å². The van der Waals surface area contributed by atoms with Gasteiger partial charge < -0.3 is 4.90 Å². The van der Waals surface area contributed by atoms with Crippen molar-refractivity contribution in [2.24, 2.45) is 0 Å². The zero-order valence-electron chi connectivity index (χ0n) is 11.7. The average Bonchev–Trinajstić information content (AvgIpc) is 2.90. The van der Waals surface area contributed by atoms with Crippen LogP contribution in [0.2, 0.25) is 0 Å². The van der Waals surface area contributed by atoms with Crippen LogP contribution in [0.4, 0.5) is 0 Å². The Kier molecular flexibility index (Phi) is 4.27. The quantitative estimate of drug-likeness (QED) is 0.776. The van der Waals surface area contributed by atoms with Gasteiger partial charge in [0.25, 0.3) is 0 Å². The summed E-state index contributed by atoms with van der Waals surface area (Å²) in [4.78, 5) is 15.9. The number of nitrogens with zero attached hydrogens (tertiary/aromatic N) is 1. The van der Waals surface area contributed by atoms with Gasteiger partial charge in [0.1, 0.15) is 0 Å². The molecule has 1 fully saturated rings. The number of thioether (sulfide) groups is 1. The zero-order valence-corrected chi connectivity index (χ0v) is 13.3. The summed E-state index contributed by atoms with van der Waals surface area (Å²) in [6, 6.07) is 8.53. The lowest BCUT2D eigenvalue weighted by molar-refractivity contribution is -0.131.